The Morgan fingerprint density at radius 1 is 1.11 bits per heavy atom. The molecular formula is C25H25ClF3N7O. The quantitative estimate of drug-likeness (QED) is 0.390. The maximum absolute atomic E-state index is 13.5. The van der Waals surface area contributed by atoms with Crippen molar-refractivity contribution >= 4 is 34.3 Å². The summed E-state index contributed by atoms with van der Waals surface area (Å²) in [6, 6.07) is 8.92. The van der Waals surface area contributed by atoms with E-state index in [1.165, 1.54) is 23.4 Å². The summed E-state index contributed by atoms with van der Waals surface area (Å²) in [4.78, 5) is 26.3. The van der Waals surface area contributed by atoms with Gasteiger partial charge < -0.3 is 10.6 Å². The first-order valence-electron chi connectivity index (χ1n) is 11.7. The van der Waals surface area contributed by atoms with Gasteiger partial charge in [-0.25, -0.2) is 19.3 Å². The Balaban J connectivity index is 1.66. The summed E-state index contributed by atoms with van der Waals surface area (Å²) >= 11 is 6.34. The van der Waals surface area contributed by atoms with Gasteiger partial charge in [-0.3, -0.25) is 4.79 Å². The number of nitrogens with zero attached hydrogens (tertiary/aromatic N) is 5. The summed E-state index contributed by atoms with van der Waals surface area (Å²) in [6.07, 6.45) is -2.54. The average molecular weight is 532 g/mol. The van der Waals surface area contributed by atoms with Crippen molar-refractivity contribution in [2.24, 2.45) is 0 Å². The fraction of sp³-hybridized carbons (Fsp3) is 0.360. The number of halogens is 4. The van der Waals surface area contributed by atoms with E-state index in [9.17, 15) is 18.0 Å². The van der Waals surface area contributed by atoms with Crippen LogP contribution < -0.4 is 16.2 Å². The predicted molar refractivity (Wildman–Crippen MR) is 136 cm³/mol. The van der Waals surface area contributed by atoms with Crippen LogP contribution in [0.15, 0.2) is 41.3 Å². The molecule has 1 aliphatic heterocycles. The molecule has 8 nitrogen and oxygen atoms in total. The molecule has 5 rings (SSSR count). The molecule has 0 fully saturated rings. The molecule has 4 aromatic rings. The fourth-order valence-electron chi connectivity index (χ4n) is 4.39. The molecule has 0 bridgehead atoms. The van der Waals surface area contributed by atoms with E-state index in [4.69, 9.17) is 11.6 Å². The molecule has 1 aliphatic rings. The summed E-state index contributed by atoms with van der Waals surface area (Å²) in [5, 5.41) is 6.75. The summed E-state index contributed by atoms with van der Waals surface area (Å²) in [6.45, 7) is 5.82. The average Bonchev–Trinajstić information content (AvgIpc) is 3.08. The second kappa shape index (κ2) is 9.14. The zero-order chi connectivity index (χ0) is 26.5. The molecule has 2 N–H and O–H groups in total. The third-order valence-electron chi connectivity index (χ3n) is 6.11. The molecule has 37 heavy (non-hydrogen) atoms. The molecule has 0 atom stereocenters. The highest BCUT2D eigenvalue weighted by Gasteiger charge is 2.32. The molecule has 1 aromatic carbocycles. The fourth-order valence-corrected chi connectivity index (χ4v) is 4.78. The van der Waals surface area contributed by atoms with E-state index in [1.54, 1.807) is 6.07 Å². The van der Waals surface area contributed by atoms with Gasteiger partial charge in [0, 0.05) is 23.8 Å². The van der Waals surface area contributed by atoms with Crippen molar-refractivity contribution in [1.82, 2.24) is 29.6 Å². The van der Waals surface area contributed by atoms with Crippen molar-refractivity contribution in [3.63, 3.8) is 0 Å². The number of rotatable bonds is 4. The summed E-state index contributed by atoms with van der Waals surface area (Å²) in [7, 11) is 0. The lowest BCUT2D eigenvalue weighted by molar-refractivity contribution is -0.144. The first-order chi connectivity index (χ1) is 17.4. The van der Waals surface area contributed by atoms with Crippen LogP contribution in [0, 0.1) is 0 Å². The Hall–Kier alpha value is -3.44. The molecular weight excluding hydrogens is 507 g/mol. The number of nitrogens with one attached hydrogen (secondary N) is 2. The second-order valence-corrected chi connectivity index (χ2v) is 10.4. The van der Waals surface area contributed by atoms with Crippen LogP contribution in [0.1, 0.15) is 37.6 Å². The molecule has 0 radical (unpaired) electrons. The third-order valence-corrected chi connectivity index (χ3v) is 6.42. The van der Waals surface area contributed by atoms with E-state index < -0.39 is 23.7 Å². The molecule has 3 aromatic heterocycles. The Morgan fingerprint density at radius 2 is 1.89 bits per heavy atom. The van der Waals surface area contributed by atoms with Gasteiger partial charge in [-0.05, 0) is 48.4 Å². The number of alkyl halides is 3. The van der Waals surface area contributed by atoms with Crippen LogP contribution in [-0.2, 0) is 24.9 Å². The largest absolute Gasteiger partial charge is 0.408 e. The van der Waals surface area contributed by atoms with E-state index in [0.29, 0.717) is 15.4 Å². The summed E-state index contributed by atoms with van der Waals surface area (Å²) in [5.74, 6) is 0.237. The van der Waals surface area contributed by atoms with Gasteiger partial charge in [0.15, 0.2) is 11.5 Å². The first kappa shape index (κ1) is 25.2. The minimum Gasteiger partial charge on any atom is -0.324 e. The van der Waals surface area contributed by atoms with Crippen LogP contribution in [-0.4, -0.2) is 37.0 Å². The van der Waals surface area contributed by atoms with Crippen LogP contribution in [0.25, 0.3) is 16.9 Å². The number of aromatic nitrogens is 5. The first-order valence-corrected chi connectivity index (χ1v) is 12.1. The van der Waals surface area contributed by atoms with Crippen LogP contribution in [0.2, 0.25) is 5.02 Å². The molecule has 0 saturated carbocycles. The zero-order valence-electron chi connectivity index (χ0n) is 20.4. The van der Waals surface area contributed by atoms with Gasteiger partial charge >= 0.3 is 6.18 Å². The number of fused-ring (bicyclic) bond motifs is 2. The highest BCUT2D eigenvalue weighted by Crippen LogP contribution is 2.30. The summed E-state index contributed by atoms with van der Waals surface area (Å²) < 4.78 is 42.2. The molecule has 0 unspecified atom stereocenters. The number of hydrogen-bond donors (Lipinski definition) is 2. The predicted octanol–water partition coefficient (Wildman–Crippen LogP) is 4.88. The molecule has 4 heterocycles. The lowest BCUT2D eigenvalue weighted by Crippen LogP contribution is -2.30. The highest BCUT2D eigenvalue weighted by molar-refractivity contribution is 6.31. The number of pyridine rings is 1. The topological polar surface area (TPSA) is 89.7 Å². The maximum atomic E-state index is 13.5. The normalized spacial score (nSPS) is 14.1. The van der Waals surface area contributed by atoms with Crippen LogP contribution >= 0.6 is 11.6 Å². The van der Waals surface area contributed by atoms with Gasteiger partial charge in [0.2, 0.25) is 5.95 Å². The van der Waals surface area contributed by atoms with Crippen molar-refractivity contribution in [3.8, 4) is 5.82 Å². The highest BCUT2D eigenvalue weighted by atomic mass is 35.5. The van der Waals surface area contributed by atoms with Gasteiger partial charge in [-0.1, -0.05) is 38.4 Å². The number of anilines is 2. The lowest BCUT2D eigenvalue weighted by Gasteiger charge is -2.21. The van der Waals surface area contributed by atoms with Gasteiger partial charge in [0.25, 0.3) is 5.56 Å². The lowest BCUT2D eigenvalue weighted by atomic mass is 9.91. The second-order valence-electron chi connectivity index (χ2n) is 10.0. The molecule has 12 heteroatoms. The Bertz CT molecular complexity index is 1550. The zero-order valence-corrected chi connectivity index (χ0v) is 21.2. The standard InChI is InChI=1S/C25H25ClF3N7O/c1-24(2,3)20-18(26)6-7-19(33-20)36-21-17(22(37)35(36)13-25(27,28)29)12-31-23(34-21)32-16-5-4-15-11-30-9-8-14(15)10-16/h4-7,10,12,30H,8-9,11,13H2,1-3H3,(H,31,32,34). The van der Waals surface area contributed by atoms with Gasteiger partial charge in [0.05, 0.1) is 10.7 Å². The van der Waals surface area contributed by atoms with Crippen molar-refractivity contribution in [2.75, 3.05) is 11.9 Å². The minimum absolute atomic E-state index is 0.00333. The smallest absolute Gasteiger partial charge is 0.324 e. The molecule has 0 saturated heterocycles. The van der Waals surface area contributed by atoms with Crippen molar-refractivity contribution in [3.05, 3.63) is 68.7 Å². The van der Waals surface area contributed by atoms with Crippen LogP contribution in [0.5, 0.6) is 0 Å². The van der Waals surface area contributed by atoms with E-state index in [-0.39, 0.29) is 22.8 Å². The van der Waals surface area contributed by atoms with Crippen molar-refractivity contribution < 1.29 is 13.2 Å². The Kier molecular flexibility index (Phi) is 6.23. The monoisotopic (exact) mass is 531 g/mol. The SMILES string of the molecule is CC(C)(C)c1nc(-n2c3nc(Nc4ccc5c(c4)CCNC5)ncc3c(=O)n2CC(F)(F)F)ccc1Cl. The minimum atomic E-state index is -4.65. The van der Waals surface area contributed by atoms with E-state index in [2.05, 4.69) is 25.6 Å². The van der Waals surface area contributed by atoms with Crippen molar-refractivity contribution in [2.45, 2.75) is 51.9 Å². The van der Waals surface area contributed by atoms with E-state index >= 15 is 0 Å². The molecule has 194 valence electrons. The van der Waals surface area contributed by atoms with Crippen LogP contribution in [0.4, 0.5) is 24.8 Å². The van der Waals surface area contributed by atoms with Gasteiger partial charge in [-0.15, -0.1) is 0 Å². The number of hydrogen-bond acceptors (Lipinski definition) is 6. The molecule has 0 spiro atoms. The van der Waals surface area contributed by atoms with Gasteiger partial charge in [-0.2, -0.15) is 18.2 Å². The maximum Gasteiger partial charge on any atom is 0.408 e. The van der Waals surface area contributed by atoms with Crippen LogP contribution in [0.3, 0.4) is 0 Å². The molecule has 0 aliphatic carbocycles. The van der Waals surface area contributed by atoms with Crippen molar-refractivity contribution in [1.29, 1.82) is 0 Å². The third kappa shape index (κ3) is 5.05. The summed E-state index contributed by atoms with van der Waals surface area (Å²) in [5.41, 5.74) is 2.26. The van der Waals surface area contributed by atoms with E-state index in [1.807, 2.05) is 39.0 Å². The Labute approximate surface area is 215 Å². The van der Waals surface area contributed by atoms with E-state index in [0.717, 1.165) is 29.9 Å². The number of benzene rings is 1. The molecule has 0 amide bonds. The van der Waals surface area contributed by atoms with Gasteiger partial charge in [0.1, 0.15) is 11.9 Å². The Morgan fingerprint density at radius 3 is 2.62 bits per heavy atom.